The maximum Gasteiger partial charge on any atom is 0.262 e. The summed E-state index contributed by atoms with van der Waals surface area (Å²) in [5, 5.41) is 3.49. The Morgan fingerprint density at radius 2 is 2.12 bits per heavy atom. The van der Waals surface area contributed by atoms with Gasteiger partial charge in [-0.1, -0.05) is 23.7 Å². The highest BCUT2D eigenvalue weighted by Gasteiger charge is 2.17. The minimum atomic E-state index is -0.259. The zero-order valence-corrected chi connectivity index (χ0v) is 15.4. The van der Waals surface area contributed by atoms with Gasteiger partial charge in [-0.25, -0.2) is 0 Å². The summed E-state index contributed by atoms with van der Waals surface area (Å²) < 4.78 is 16.9. The molecule has 2 aromatic carbocycles. The van der Waals surface area contributed by atoms with Crippen LogP contribution in [-0.2, 0) is 9.53 Å². The molecule has 0 aromatic heterocycles. The minimum absolute atomic E-state index is 0.0961. The van der Waals surface area contributed by atoms with E-state index in [-0.39, 0.29) is 18.6 Å². The largest absolute Gasteiger partial charge is 0.489 e. The summed E-state index contributed by atoms with van der Waals surface area (Å²) in [7, 11) is 0. The summed E-state index contributed by atoms with van der Waals surface area (Å²) in [6.07, 6.45) is 2.19. The van der Waals surface area contributed by atoms with Crippen LogP contribution in [0.1, 0.15) is 18.4 Å². The van der Waals surface area contributed by atoms with Crippen molar-refractivity contribution in [3.05, 3.63) is 53.1 Å². The predicted molar refractivity (Wildman–Crippen MR) is 101 cm³/mol. The quantitative estimate of drug-likeness (QED) is 0.787. The van der Waals surface area contributed by atoms with Crippen molar-refractivity contribution in [2.24, 2.45) is 0 Å². The van der Waals surface area contributed by atoms with Crippen LogP contribution in [0.5, 0.6) is 11.5 Å². The van der Waals surface area contributed by atoms with E-state index >= 15 is 0 Å². The Morgan fingerprint density at radius 3 is 2.88 bits per heavy atom. The molecule has 0 aliphatic carbocycles. The zero-order valence-electron chi connectivity index (χ0n) is 14.7. The second-order valence-corrected chi connectivity index (χ2v) is 6.60. The molecule has 5 nitrogen and oxygen atoms in total. The van der Waals surface area contributed by atoms with Crippen molar-refractivity contribution in [2.45, 2.75) is 25.9 Å². The van der Waals surface area contributed by atoms with Gasteiger partial charge in [0.05, 0.1) is 11.8 Å². The van der Waals surface area contributed by atoms with Gasteiger partial charge in [-0.05, 0) is 55.7 Å². The lowest BCUT2D eigenvalue weighted by molar-refractivity contribution is -0.118. The van der Waals surface area contributed by atoms with Gasteiger partial charge in [-0.2, -0.15) is 0 Å². The average Bonchev–Trinajstić information content (AvgIpc) is 3.15. The van der Waals surface area contributed by atoms with Crippen LogP contribution in [-0.4, -0.2) is 31.8 Å². The van der Waals surface area contributed by atoms with Crippen LogP contribution in [0.2, 0.25) is 5.02 Å². The van der Waals surface area contributed by atoms with Crippen molar-refractivity contribution < 1.29 is 19.0 Å². The first-order valence-electron chi connectivity index (χ1n) is 8.64. The van der Waals surface area contributed by atoms with Gasteiger partial charge in [-0.15, -0.1) is 0 Å². The van der Waals surface area contributed by atoms with Gasteiger partial charge in [0.15, 0.2) is 6.61 Å². The second-order valence-electron chi connectivity index (χ2n) is 6.19. The third-order valence-corrected chi connectivity index (χ3v) is 4.53. The van der Waals surface area contributed by atoms with E-state index in [0.29, 0.717) is 28.8 Å². The first kappa shape index (κ1) is 18.5. The monoisotopic (exact) mass is 375 g/mol. The van der Waals surface area contributed by atoms with E-state index in [1.807, 2.05) is 25.1 Å². The Labute approximate surface area is 158 Å². The highest BCUT2D eigenvalue weighted by molar-refractivity contribution is 6.31. The first-order chi connectivity index (χ1) is 12.6. The molecule has 0 spiro atoms. The molecule has 1 saturated heterocycles. The molecule has 6 heteroatoms. The highest BCUT2D eigenvalue weighted by Crippen LogP contribution is 2.25. The summed E-state index contributed by atoms with van der Waals surface area (Å²) in [6.45, 7) is 3.05. The fourth-order valence-electron chi connectivity index (χ4n) is 2.70. The number of hydrogen-bond acceptors (Lipinski definition) is 4. The van der Waals surface area contributed by atoms with E-state index in [1.165, 1.54) is 0 Å². The molecule has 0 bridgehead atoms. The number of aryl methyl sites for hydroxylation is 1. The topological polar surface area (TPSA) is 56.8 Å². The van der Waals surface area contributed by atoms with E-state index in [0.717, 1.165) is 25.0 Å². The molecular formula is C20H22ClNO4. The van der Waals surface area contributed by atoms with Gasteiger partial charge in [-0.3, -0.25) is 4.79 Å². The summed E-state index contributed by atoms with van der Waals surface area (Å²) in [5.41, 5.74) is 1.52. The lowest BCUT2D eigenvalue weighted by atomic mass is 10.2. The van der Waals surface area contributed by atoms with Gasteiger partial charge in [0, 0.05) is 11.6 Å². The Balaban J connectivity index is 1.54. The number of rotatable bonds is 7. The van der Waals surface area contributed by atoms with Crippen LogP contribution >= 0.6 is 11.6 Å². The van der Waals surface area contributed by atoms with Crippen LogP contribution < -0.4 is 14.8 Å². The lowest BCUT2D eigenvalue weighted by Gasteiger charge is -2.15. The van der Waals surface area contributed by atoms with Gasteiger partial charge in [0.25, 0.3) is 5.91 Å². The Bertz CT molecular complexity index is 759. The maximum atomic E-state index is 12.2. The SMILES string of the molecule is Cc1cc(OCC(=O)Nc2ccccc2OCC2CCCO2)ccc1Cl. The van der Waals surface area contributed by atoms with E-state index in [2.05, 4.69) is 5.32 Å². The van der Waals surface area contributed by atoms with Crippen molar-refractivity contribution in [2.75, 3.05) is 25.1 Å². The maximum absolute atomic E-state index is 12.2. The Kier molecular flexibility index (Phi) is 6.36. The zero-order chi connectivity index (χ0) is 18.4. The summed E-state index contributed by atoms with van der Waals surface area (Å²) in [4.78, 5) is 12.2. The normalized spacial score (nSPS) is 16.3. The number of amides is 1. The highest BCUT2D eigenvalue weighted by atomic mass is 35.5. The molecule has 1 aliphatic rings. The first-order valence-corrected chi connectivity index (χ1v) is 9.02. The standard InChI is InChI=1S/C20H22ClNO4/c1-14-11-15(8-9-17(14)21)25-13-20(23)22-18-6-2-3-7-19(18)26-12-16-5-4-10-24-16/h2-3,6-9,11,16H,4-5,10,12-13H2,1H3,(H,22,23). The molecule has 1 fully saturated rings. The third kappa shape index (κ3) is 5.13. The predicted octanol–water partition coefficient (Wildman–Crippen LogP) is 4.22. The number of ether oxygens (including phenoxy) is 3. The van der Waals surface area contributed by atoms with Crippen LogP contribution in [0.3, 0.4) is 0 Å². The van der Waals surface area contributed by atoms with Crippen molar-refractivity contribution in [1.82, 2.24) is 0 Å². The van der Waals surface area contributed by atoms with E-state index in [1.54, 1.807) is 24.3 Å². The van der Waals surface area contributed by atoms with Gasteiger partial charge < -0.3 is 19.5 Å². The van der Waals surface area contributed by atoms with Crippen molar-refractivity contribution in [3.8, 4) is 11.5 Å². The number of para-hydroxylation sites is 2. The van der Waals surface area contributed by atoms with Gasteiger partial charge in [0.1, 0.15) is 18.1 Å². The molecule has 1 N–H and O–H groups in total. The number of benzene rings is 2. The lowest BCUT2D eigenvalue weighted by Crippen LogP contribution is -2.21. The number of halogens is 1. The number of carbonyl (C=O) groups is 1. The van der Waals surface area contributed by atoms with Crippen molar-refractivity contribution in [3.63, 3.8) is 0 Å². The van der Waals surface area contributed by atoms with Crippen LogP contribution in [0.15, 0.2) is 42.5 Å². The molecule has 1 unspecified atom stereocenters. The Hall–Kier alpha value is -2.24. The molecular weight excluding hydrogens is 354 g/mol. The molecule has 26 heavy (non-hydrogen) atoms. The summed E-state index contributed by atoms with van der Waals surface area (Å²) in [5.74, 6) is 0.967. The van der Waals surface area contributed by atoms with E-state index in [9.17, 15) is 4.79 Å². The molecule has 2 aromatic rings. The fraction of sp³-hybridized carbons (Fsp3) is 0.350. The molecule has 1 atom stereocenters. The Morgan fingerprint density at radius 1 is 1.27 bits per heavy atom. The van der Waals surface area contributed by atoms with Gasteiger partial charge >= 0.3 is 0 Å². The number of hydrogen-bond donors (Lipinski definition) is 1. The average molecular weight is 376 g/mol. The minimum Gasteiger partial charge on any atom is -0.489 e. The number of nitrogens with one attached hydrogen (secondary N) is 1. The van der Waals surface area contributed by atoms with Crippen LogP contribution in [0.25, 0.3) is 0 Å². The van der Waals surface area contributed by atoms with E-state index in [4.69, 9.17) is 25.8 Å². The molecule has 1 aliphatic heterocycles. The number of anilines is 1. The fourth-order valence-corrected chi connectivity index (χ4v) is 2.81. The molecule has 3 rings (SSSR count). The van der Waals surface area contributed by atoms with Gasteiger partial charge in [0.2, 0.25) is 0 Å². The van der Waals surface area contributed by atoms with E-state index < -0.39 is 0 Å². The number of carbonyl (C=O) groups excluding carboxylic acids is 1. The molecule has 0 radical (unpaired) electrons. The smallest absolute Gasteiger partial charge is 0.262 e. The molecule has 1 amide bonds. The summed E-state index contributed by atoms with van der Waals surface area (Å²) in [6, 6.07) is 12.6. The van der Waals surface area contributed by atoms with Crippen LogP contribution in [0, 0.1) is 6.92 Å². The molecule has 1 heterocycles. The summed E-state index contributed by atoms with van der Waals surface area (Å²) >= 11 is 5.99. The van der Waals surface area contributed by atoms with Crippen molar-refractivity contribution in [1.29, 1.82) is 0 Å². The van der Waals surface area contributed by atoms with Crippen molar-refractivity contribution >= 4 is 23.2 Å². The van der Waals surface area contributed by atoms with Crippen LogP contribution in [0.4, 0.5) is 5.69 Å². The molecule has 138 valence electrons. The second kappa shape index (κ2) is 8.92. The molecule has 0 saturated carbocycles. The third-order valence-electron chi connectivity index (χ3n) is 4.11.